The number of hydrogen-bond donors (Lipinski definition) is 2. The topological polar surface area (TPSA) is 61.4 Å². The molecule has 1 aliphatic heterocycles. The van der Waals surface area contributed by atoms with Crippen molar-refractivity contribution in [3.63, 3.8) is 0 Å². The fourth-order valence-corrected chi connectivity index (χ4v) is 2.53. The highest BCUT2D eigenvalue weighted by Gasteiger charge is 2.25. The van der Waals surface area contributed by atoms with Crippen molar-refractivity contribution in [1.29, 1.82) is 0 Å². The van der Waals surface area contributed by atoms with Crippen molar-refractivity contribution in [2.45, 2.75) is 25.9 Å². The van der Waals surface area contributed by atoms with Crippen LogP contribution in [-0.2, 0) is 9.59 Å². The monoisotopic (exact) mass is 259 g/mol. The molecule has 1 fully saturated rings. The molecule has 0 radical (unpaired) electrons. The van der Waals surface area contributed by atoms with E-state index in [-0.39, 0.29) is 17.9 Å². The van der Waals surface area contributed by atoms with E-state index in [1.165, 1.54) is 0 Å². The lowest BCUT2D eigenvalue weighted by Gasteiger charge is -2.25. The lowest BCUT2D eigenvalue weighted by molar-refractivity contribution is -0.135. The summed E-state index contributed by atoms with van der Waals surface area (Å²) in [5, 5.41) is 5.91. The van der Waals surface area contributed by atoms with Crippen molar-refractivity contribution >= 4 is 23.6 Å². The number of nitrogens with one attached hydrogen (secondary N) is 2. The van der Waals surface area contributed by atoms with Crippen molar-refractivity contribution < 1.29 is 9.59 Å². The third-order valence-corrected chi connectivity index (χ3v) is 3.88. The molecule has 1 rings (SSSR count). The molecule has 2 N–H and O–H groups in total. The van der Waals surface area contributed by atoms with Crippen molar-refractivity contribution in [3.05, 3.63) is 0 Å². The second kappa shape index (κ2) is 6.86. The van der Waals surface area contributed by atoms with Gasteiger partial charge in [-0.3, -0.25) is 9.59 Å². The quantitative estimate of drug-likeness (QED) is 0.726. The highest BCUT2D eigenvalue weighted by Crippen LogP contribution is 2.07. The van der Waals surface area contributed by atoms with E-state index in [1.807, 2.05) is 6.92 Å². The first-order valence-electron chi connectivity index (χ1n) is 5.92. The van der Waals surface area contributed by atoms with Crippen LogP contribution < -0.4 is 10.6 Å². The summed E-state index contributed by atoms with van der Waals surface area (Å²) in [6.07, 6.45) is 0. The summed E-state index contributed by atoms with van der Waals surface area (Å²) in [5.41, 5.74) is 0. The second-order valence-corrected chi connectivity index (χ2v) is 5.31. The largest absolute Gasteiger partial charge is 0.344 e. The molecule has 0 spiro atoms. The number of amides is 2. The SMILES string of the molecule is CCN(C)C(=O)C(C)NC(=O)C1CSCCN1. The minimum absolute atomic E-state index is 0.0516. The molecule has 1 heterocycles. The molecule has 0 aromatic carbocycles. The molecule has 0 aromatic heterocycles. The van der Waals surface area contributed by atoms with Crippen LogP contribution in [0.3, 0.4) is 0 Å². The van der Waals surface area contributed by atoms with Crippen LogP contribution in [0, 0.1) is 0 Å². The number of carbonyl (C=O) groups excluding carboxylic acids is 2. The molecule has 6 heteroatoms. The normalized spacial score (nSPS) is 21.7. The number of likely N-dealkylation sites (N-methyl/N-ethyl adjacent to an activating group) is 1. The minimum Gasteiger partial charge on any atom is -0.344 e. The lowest BCUT2D eigenvalue weighted by atomic mass is 10.2. The molecule has 1 saturated heterocycles. The molecule has 98 valence electrons. The average Bonchev–Trinajstić information content (AvgIpc) is 2.37. The zero-order valence-electron chi connectivity index (χ0n) is 10.7. The van der Waals surface area contributed by atoms with E-state index in [0.29, 0.717) is 6.54 Å². The zero-order valence-corrected chi connectivity index (χ0v) is 11.5. The van der Waals surface area contributed by atoms with Gasteiger partial charge in [-0.25, -0.2) is 0 Å². The Bertz CT molecular complexity index is 280. The van der Waals surface area contributed by atoms with Crippen LogP contribution in [0.1, 0.15) is 13.8 Å². The van der Waals surface area contributed by atoms with Gasteiger partial charge < -0.3 is 15.5 Å². The van der Waals surface area contributed by atoms with Gasteiger partial charge in [0.1, 0.15) is 6.04 Å². The van der Waals surface area contributed by atoms with Gasteiger partial charge in [0.15, 0.2) is 0 Å². The highest BCUT2D eigenvalue weighted by molar-refractivity contribution is 7.99. The maximum atomic E-state index is 11.9. The van der Waals surface area contributed by atoms with E-state index in [4.69, 9.17) is 0 Å². The molecular formula is C11H21N3O2S. The Morgan fingerprint density at radius 2 is 2.29 bits per heavy atom. The maximum absolute atomic E-state index is 11.9. The number of thioether (sulfide) groups is 1. The molecule has 2 atom stereocenters. The molecule has 2 amide bonds. The van der Waals surface area contributed by atoms with E-state index in [9.17, 15) is 9.59 Å². The van der Waals surface area contributed by atoms with Gasteiger partial charge in [-0.15, -0.1) is 0 Å². The van der Waals surface area contributed by atoms with Crippen molar-refractivity contribution in [2.75, 3.05) is 31.6 Å². The summed E-state index contributed by atoms with van der Waals surface area (Å²) in [4.78, 5) is 25.2. The standard InChI is InChI=1S/C11H21N3O2S/c1-4-14(3)11(16)8(2)13-10(15)9-7-17-6-5-12-9/h8-9,12H,4-7H2,1-3H3,(H,13,15). The zero-order chi connectivity index (χ0) is 12.8. The number of nitrogens with zero attached hydrogens (tertiary/aromatic N) is 1. The molecule has 17 heavy (non-hydrogen) atoms. The predicted octanol–water partition coefficient (Wildman–Crippen LogP) is -0.326. The molecule has 5 nitrogen and oxygen atoms in total. The fourth-order valence-electron chi connectivity index (χ4n) is 1.60. The van der Waals surface area contributed by atoms with Crippen LogP contribution in [0.25, 0.3) is 0 Å². The molecule has 0 aliphatic carbocycles. The van der Waals surface area contributed by atoms with Gasteiger partial charge in [-0.2, -0.15) is 11.8 Å². The summed E-state index contributed by atoms with van der Waals surface area (Å²) in [6.45, 7) is 5.13. The average molecular weight is 259 g/mol. The van der Waals surface area contributed by atoms with Crippen LogP contribution in [0.5, 0.6) is 0 Å². The summed E-state index contributed by atoms with van der Waals surface area (Å²) < 4.78 is 0. The van der Waals surface area contributed by atoms with Gasteiger partial charge >= 0.3 is 0 Å². The third-order valence-electron chi connectivity index (χ3n) is 2.82. The van der Waals surface area contributed by atoms with E-state index in [2.05, 4.69) is 10.6 Å². The van der Waals surface area contributed by atoms with Gasteiger partial charge in [-0.1, -0.05) is 0 Å². The van der Waals surface area contributed by atoms with Gasteiger partial charge in [0.2, 0.25) is 11.8 Å². The summed E-state index contributed by atoms with van der Waals surface area (Å²) in [5.74, 6) is 1.68. The molecule has 0 aromatic rings. The van der Waals surface area contributed by atoms with Gasteiger partial charge in [0, 0.05) is 31.6 Å². The van der Waals surface area contributed by atoms with Crippen molar-refractivity contribution in [2.24, 2.45) is 0 Å². The Balaban J connectivity index is 2.41. The summed E-state index contributed by atoms with van der Waals surface area (Å²) in [6, 6.07) is -0.628. The van der Waals surface area contributed by atoms with Crippen LogP contribution in [-0.4, -0.2) is 60.4 Å². The van der Waals surface area contributed by atoms with E-state index >= 15 is 0 Å². The minimum atomic E-state index is -0.457. The molecule has 1 aliphatic rings. The van der Waals surface area contributed by atoms with Crippen LogP contribution >= 0.6 is 11.8 Å². The third kappa shape index (κ3) is 4.20. The van der Waals surface area contributed by atoms with Crippen molar-refractivity contribution in [3.8, 4) is 0 Å². The molecule has 0 bridgehead atoms. The van der Waals surface area contributed by atoms with E-state index in [0.717, 1.165) is 18.1 Å². The number of rotatable bonds is 4. The number of hydrogen-bond acceptors (Lipinski definition) is 4. The summed E-state index contributed by atoms with van der Waals surface area (Å²) >= 11 is 1.76. The Kier molecular flexibility index (Phi) is 5.77. The first-order chi connectivity index (χ1) is 8.06. The van der Waals surface area contributed by atoms with Gasteiger partial charge in [0.05, 0.1) is 6.04 Å². The first-order valence-corrected chi connectivity index (χ1v) is 7.08. The number of carbonyl (C=O) groups is 2. The lowest BCUT2D eigenvalue weighted by Crippen LogP contribution is -2.54. The van der Waals surface area contributed by atoms with Crippen LogP contribution in [0.2, 0.25) is 0 Å². The Labute approximate surface area is 107 Å². The highest BCUT2D eigenvalue weighted by atomic mass is 32.2. The molecular weight excluding hydrogens is 238 g/mol. The smallest absolute Gasteiger partial charge is 0.244 e. The van der Waals surface area contributed by atoms with Crippen LogP contribution in [0.4, 0.5) is 0 Å². The predicted molar refractivity (Wildman–Crippen MR) is 70.0 cm³/mol. The Morgan fingerprint density at radius 3 is 2.82 bits per heavy atom. The Morgan fingerprint density at radius 1 is 1.59 bits per heavy atom. The maximum Gasteiger partial charge on any atom is 0.244 e. The van der Waals surface area contributed by atoms with Crippen LogP contribution in [0.15, 0.2) is 0 Å². The van der Waals surface area contributed by atoms with Gasteiger partial charge in [0.25, 0.3) is 0 Å². The van der Waals surface area contributed by atoms with Gasteiger partial charge in [-0.05, 0) is 13.8 Å². The Hall–Kier alpha value is -0.750. The second-order valence-electron chi connectivity index (χ2n) is 4.16. The fraction of sp³-hybridized carbons (Fsp3) is 0.818. The molecule has 2 unspecified atom stereocenters. The van der Waals surface area contributed by atoms with E-state index < -0.39 is 6.04 Å². The van der Waals surface area contributed by atoms with Crippen molar-refractivity contribution in [1.82, 2.24) is 15.5 Å². The van der Waals surface area contributed by atoms with E-state index in [1.54, 1.807) is 30.6 Å². The summed E-state index contributed by atoms with van der Waals surface area (Å²) in [7, 11) is 1.74. The molecule has 0 saturated carbocycles. The first kappa shape index (κ1) is 14.3.